The fourth-order valence-electron chi connectivity index (χ4n) is 2.92. The second-order valence-corrected chi connectivity index (χ2v) is 8.03. The van der Waals surface area contributed by atoms with Gasteiger partial charge in [0.25, 0.3) is 0 Å². The Morgan fingerprint density at radius 2 is 2.39 bits per heavy atom. The van der Waals surface area contributed by atoms with Gasteiger partial charge in [-0.15, -0.1) is 11.3 Å². The van der Waals surface area contributed by atoms with Crippen molar-refractivity contribution in [1.82, 2.24) is 0 Å². The molecular weight excluding hydrogens is 288 g/mol. The summed E-state index contributed by atoms with van der Waals surface area (Å²) in [6, 6.07) is 3.81. The Bertz CT molecular complexity index is 415. The predicted octanol–water partition coefficient (Wildman–Crippen LogP) is 3.74. The lowest BCUT2D eigenvalue weighted by Gasteiger charge is -2.39. The summed E-state index contributed by atoms with van der Waals surface area (Å²) in [5.41, 5.74) is 0.0373. The minimum Gasteiger partial charge on any atom is -0.387 e. The van der Waals surface area contributed by atoms with Crippen molar-refractivity contribution >= 4 is 34.7 Å². The zero-order valence-electron chi connectivity index (χ0n) is 10.1. The summed E-state index contributed by atoms with van der Waals surface area (Å²) < 4.78 is 6.75. The van der Waals surface area contributed by atoms with Crippen LogP contribution in [0.25, 0.3) is 0 Å². The zero-order valence-corrected chi connectivity index (χ0v) is 12.5. The Labute approximate surface area is 121 Å². The average molecular weight is 305 g/mol. The van der Waals surface area contributed by atoms with Crippen molar-refractivity contribution in [2.45, 2.75) is 31.0 Å². The van der Waals surface area contributed by atoms with Gasteiger partial charge in [0, 0.05) is 17.2 Å². The van der Waals surface area contributed by atoms with Crippen molar-refractivity contribution < 1.29 is 9.84 Å². The summed E-state index contributed by atoms with van der Waals surface area (Å²) >= 11 is 9.40. The summed E-state index contributed by atoms with van der Waals surface area (Å²) in [6.07, 6.45) is 2.68. The minimum atomic E-state index is -0.381. The Morgan fingerprint density at radius 1 is 1.50 bits per heavy atom. The average Bonchev–Trinajstić information content (AvgIpc) is 2.98. The molecule has 0 bridgehead atoms. The zero-order chi connectivity index (χ0) is 12.6. The van der Waals surface area contributed by atoms with Crippen LogP contribution in [0.15, 0.2) is 12.1 Å². The van der Waals surface area contributed by atoms with Gasteiger partial charge in [-0.3, -0.25) is 0 Å². The molecule has 2 saturated heterocycles. The second kappa shape index (κ2) is 5.33. The number of rotatable bonds is 2. The highest BCUT2D eigenvalue weighted by molar-refractivity contribution is 7.99. The first-order valence-corrected chi connectivity index (χ1v) is 8.68. The molecule has 1 aromatic rings. The normalized spacial score (nSPS) is 34.0. The van der Waals surface area contributed by atoms with Gasteiger partial charge in [-0.1, -0.05) is 11.6 Å². The quantitative estimate of drug-likeness (QED) is 0.902. The van der Waals surface area contributed by atoms with E-state index >= 15 is 0 Å². The van der Waals surface area contributed by atoms with E-state index in [4.69, 9.17) is 16.3 Å². The molecule has 0 amide bonds. The van der Waals surface area contributed by atoms with Gasteiger partial charge in [-0.25, -0.2) is 0 Å². The number of aliphatic hydroxyl groups excluding tert-OH is 1. The first kappa shape index (κ1) is 13.3. The van der Waals surface area contributed by atoms with E-state index in [9.17, 15) is 5.11 Å². The summed E-state index contributed by atoms with van der Waals surface area (Å²) in [6.45, 7) is 0.779. The molecule has 5 heteroatoms. The standard InChI is InChI=1S/C13H17ClO2S2/c14-11-2-1-10(18-11)12(15)9-3-5-16-13(7-9)4-6-17-8-13/h1-2,9,12,15H,3-8H2. The molecule has 2 aliphatic rings. The fraction of sp³-hybridized carbons (Fsp3) is 0.692. The molecule has 3 heterocycles. The number of hydrogen-bond acceptors (Lipinski definition) is 4. The molecule has 2 fully saturated rings. The van der Waals surface area contributed by atoms with Crippen LogP contribution in [0.3, 0.4) is 0 Å². The Kier molecular flexibility index (Phi) is 3.92. The molecule has 1 N–H and O–H groups in total. The molecule has 3 atom stereocenters. The smallest absolute Gasteiger partial charge is 0.0932 e. The highest BCUT2D eigenvalue weighted by atomic mass is 35.5. The van der Waals surface area contributed by atoms with Crippen molar-refractivity contribution in [2.24, 2.45) is 5.92 Å². The molecule has 3 unspecified atom stereocenters. The van der Waals surface area contributed by atoms with Crippen molar-refractivity contribution in [1.29, 1.82) is 0 Å². The molecule has 0 aliphatic carbocycles. The van der Waals surface area contributed by atoms with Crippen molar-refractivity contribution in [3.8, 4) is 0 Å². The van der Waals surface area contributed by atoms with Crippen LogP contribution in [-0.4, -0.2) is 28.8 Å². The highest BCUT2D eigenvalue weighted by Gasteiger charge is 2.42. The van der Waals surface area contributed by atoms with Crippen LogP contribution in [0.4, 0.5) is 0 Å². The summed E-state index contributed by atoms with van der Waals surface area (Å²) in [7, 11) is 0. The van der Waals surface area contributed by atoms with Crippen molar-refractivity contribution in [3.05, 3.63) is 21.3 Å². The van der Waals surface area contributed by atoms with Crippen molar-refractivity contribution in [2.75, 3.05) is 18.1 Å². The van der Waals surface area contributed by atoms with Crippen LogP contribution in [0, 0.1) is 5.92 Å². The number of thiophene rings is 1. The SMILES string of the molecule is OC(c1ccc(Cl)s1)C1CCOC2(CCSC2)C1. The van der Waals surface area contributed by atoms with Gasteiger partial charge in [0.05, 0.1) is 16.0 Å². The molecule has 1 spiro atoms. The number of halogens is 1. The fourth-order valence-corrected chi connectivity index (χ4v) is 5.44. The van der Waals surface area contributed by atoms with Gasteiger partial charge in [-0.2, -0.15) is 11.8 Å². The number of aliphatic hydroxyl groups is 1. The van der Waals surface area contributed by atoms with E-state index in [1.165, 1.54) is 17.1 Å². The summed E-state index contributed by atoms with van der Waals surface area (Å²) in [5.74, 6) is 2.59. The first-order valence-electron chi connectivity index (χ1n) is 6.34. The lowest BCUT2D eigenvalue weighted by atomic mass is 9.82. The lowest BCUT2D eigenvalue weighted by molar-refractivity contribution is -0.101. The Balaban J connectivity index is 1.72. The van der Waals surface area contributed by atoms with Crippen LogP contribution in [-0.2, 0) is 4.74 Å². The van der Waals surface area contributed by atoms with Crippen LogP contribution in [0.5, 0.6) is 0 Å². The molecule has 18 heavy (non-hydrogen) atoms. The van der Waals surface area contributed by atoms with Gasteiger partial charge in [0.15, 0.2) is 0 Å². The molecule has 2 nitrogen and oxygen atoms in total. The van der Waals surface area contributed by atoms with Gasteiger partial charge in [-0.05, 0) is 43.1 Å². The largest absolute Gasteiger partial charge is 0.387 e. The maximum atomic E-state index is 10.5. The Hall–Kier alpha value is 0.260. The maximum Gasteiger partial charge on any atom is 0.0932 e. The third kappa shape index (κ3) is 2.59. The molecule has 0 radical (unpaired) electrons. The van der Waals surface area contributed by atoms with Crippen LogP contribution < -0.4 is 0 Å². The van der Waals surface area contributed by atoms with Crippen LogP contribution >= 0.6 is 34.7 Å². The summed E-state index contributed by atoms with van der Waals surface area (Å²) in [5, 5.41) is 10.5. The molecule has 0 saturated carbocycles. The molecule has 0 aromatic carbocycles. The Morgan fingerprint density at radius 3 is 3.06 bits per heavy atom. The third-order valence-electron chi connectivity index (χ3n) is 3.93. The van der Waals surface area contributed by atoms with E-state index in [2.05, 4.69) is 0 Å². The lowest BCUT2D eigenvalue weighted by Crippen LogP contribution is -2.41. The van der Waals surface area contributed by atoms with E-state index in [-0.39, 0.29) is 11.7 Å². The van der Waals surface area contributed by atoms with E-state index in [1.807, 2.05) is 23.9 Å². The molecule has 1 aromatic heterocycles. The number of thioether (sulfide) groups is 1. The van der Waals surface area contributed by atoms with Crippen molar-refractivity contribution in [3.63, 3.8) is 0 Å². The van der Waals surface area contributed by atoms with Crippen LogP contribution in [0.2, 0.25) is 4.34 Å². The molecule has 100 valence electrons. The second-order valence-electron chi connectivity index (χ2n) is 5.17. The van der Waals surface area contributed by atoms with Gasteiger partial charge in [0.1, 0.15) is 0 Å². The highest BCUT2D eigenvalue weighted by Crippen LogP contribution is 2.45. The van der Waals surface area contributed by atoms with Gasteiger partial charge < -0.3 is 9.84 Å². The minimum absolute atomic E-state index is 0.0373. The van der Waals surface area contributed by atoms with Crippen LogP contribution in [0.1, 0.15) is 30.2 Å². The van der Waals surface area contributed by atoms with E-state index in [0.29, 0.717) is 5.92 Å². The van der Waals surface area contributed by atoms with E-state index in [0.717, 1.165) is 40.8 Å². The number of ether oxygens (including phenoxy) is 1. The third-order valence-corrected chi connectivity index (χ3v) is 6.46. The van der Waals surface area contributed by atoms with E-state index < -0.39 is 0 Å². The van der Waals surface area contributed by atoms with E-state index in [1.54, 1.807) is 0 Å². The topological polar surface area (TPSA) is 29.5 Å². The predicted molar refractivity (Wildman–Crippen MR) is 77.6 cm³/mol. The van der Waals surface area contributed by atoms with Gasteiger partial charge >= 0.3 is 0 Å². The first-order chi connectivity index (χ1) is 8.69. The maximum absolute atomic E-state index is 10.5. The number of hydrogen-bond donors (Lipinski definition) is 1. The summed E-state index contributed by atoms with van der Waals surface area (Å²) in [4.78, 5) is 0.993. The molecule has 3 rings (SSSR count). The van der Waals surface area contributed by atoms with Gasteiger partial charge in [0.2, 0.25) is 0 Å². The monoisotopic (exact) mass is 304 g/mol. The molecular formula is C13H17ClO2S2. The molecule has 2 aliphatic heterocycles.